The summed E-state index contributed by atoms with van der Waals surface area (Å²) < 4.78 is 9.90. The van der Waals surface area contributed by atoms with Crippen LogP contribution in [0.25, 0.3) is 0 Å². The van der Waals surface area contributed by atoms with Gasteiger partial charge >= 0.3 is 7.69 Å². The number of hydrogen-bond acceptors (Lipinski definition) is 2. The van der Waals surface area contributed by atoms with Crippen molar-refractivity contribution in [1.82, 2.24) is 0 Å². The molecular formula is C6H4BO2Y. The Bertz CT molecular complexity index is 206. The summed E-state index contributed by atoms with van der Waals surface area (Å²) >= 11 is 0. The van der Waals surface area contributed by atoms with Crippen molar-refractivity contribution in [2.75, 3.05) is 0 Å². The van der Waals surface area contributed by atoms with Crippen LogP contribution in [0.4, 0.5) is 0 Å². The van der Waals surface area contributed by atoms with Crippen LogP contribution in [0.15, 0.2) is 24.3 Å². The molecule has 2 radical (unpaired) electrons. The van der Waals surface area contributed by atoms with Gasteiger partial charge in [-0.15, -0.1) is 0 Å². The van der Waals surface area contributed by atoms with Crippen molar-refractivity contribution in [3.05, 3.63) is 24.3 Å². The van der Waals surface area contributed by atoms with Crippen molar-refractivity contribution < 1.29 is 42.0 Å². The van der Waals surface area contributed by atoms with Crippen LogP contribution in [0.5, 0.6) is 11.5 Å². The summed E-state index contributed by atoms with van der Waals surface area (Å²) in [7, 11) is 1.32. The predicted molar refractivity (Wildman–Crippen MR) is 33.5 cm³/mol. The molecule has 0 aromatic heterocycles. The monoisotopic (exact) mass is 208 g/mol. The maximum absolute atomic E-state index is 4.95. The van der Waals surface area contributed by atoms with E-state index in [0.29, 0.717) is 0 Å². The fraction of sp³-hybridized carbons (Fsp3) is 0. The van der Waals surface area contributed by atoms with E-state index in [1.807, 2.05) is 24.3 Å². The molecule has 0 fully saturated rings. The fourth-order valence-corrected chi connectivity index (χ4v) is 0.773. The Morgan fingerprint density at radius 1 is 1.00 bits per heavy atom. The molecule has 0 aliphatic carbocycles. The van der Waals surface area contributed by atoms with Crippen LogP contribution in [0.2, 0.25) is 0 Å². The summed E-state index contributed by atoms with van der Waals surface area (Å²) in [5.41, 5.74) is 0. The van der Waals surface area contributed by atoms with Gasteiger partial charge in [0, 0.05) is 32.7 Å². The fourth-order valence-electron chi connectivity index (χ4n) is 0.773. The summed E-state index contributed by atoms with van der Waals surface area (Å²) in [6.45, 7) is 0. The third-order valence-electron chi connectivity index (χ3n) is 1.20. The SMILES string of the molecule is [B]1Oc2ccccc2O1.[Y]. The van der Waals surface area contributed by atoms with Gasteiger partial charge in [-0.1, -0.05) is 12.1 Å². The number of fused-ring (bicyclic) bond motifs is 1. The van der Waals surface area contributed by atoms with Gasteiger partial charge in [-0.25, -0.2) is 0 Å². The summed E-state index contributed by atoms with van der Waals surface area (Å²) in [5.74, 6) is 1.58. The minimum atomic E-state index is 0. The number of para-hydroxylation sites is 2. The summed E-state index contributed by atoms with van der Waals surface area (Å²) in [6, 6.07) is 7.53. The van der Waals surface area contributed by atoms with E-state index in [9.17, 15) is 0 Å². The van der Waals surface area contributed by atoms with Gasteiger partial charge < -0.3 is 9.31 Å². The van der Waals surface area contributed by atoms with Gasteiger partial charge in [0.05, 0.1) is 0 Å². The molecule has 0 bridgehead atoms. The minimum absolute atomic E-state index is 0. The molecule has 1 aromatic carbocycles. The normalized spacial score (nSPS) is 11.6. The quantitative estimate of drug-likeness (QED) is 0.591. The zero-order valence-corrected chi connectivity index (χ0v) is 8.12. The molecule has 0 atom stereocenters. The van der Waals surface area contributed by atoms with E-state index in [1.165, 1.54) is 7.69 Å². The van der Waals surface area contributed by atoms with E-state index in [4.69, 9.17) is 9.31 Å². The average Bonchev–Trinajstić information content (AvgIpc) is 2.33. The molecule has 0 amide bonds. The minimum Gasteiger partial charge on any atom is -0.524 e. The van der Waals surface area contributed by atoms with Crippen LogP contribution in [-0.4, -0.2) is 7.69 Å². The van der Waals surface area contributed by atoms with E-state index in [2.05, 4.69) is 0 Å². The second kappa shape index (κ2) is 3.40. The topological polar surface area (TPSA) is 18.5 Å². The van der Waals surface area contributed by atoms with Gasteiger partial charge in [0.2, 0.25) is 0 Å². The van der Waals surface area contributed by atoms with Crippen molar-refractivity contribution in [3.8, 4) is 11.5 Å². The predicted octanol–water partition coefficient (Wildman–Crippen LogP) is 0.989. The average molecular weight is 208 g/mol. The van der Waals surface area contributed by atoms with Gasteiger partial charge in [0.25, 0.3) is 0 Å². The van der Waals surface area contributed by atoms with Gasteiger partial charge in [0.15, 0.2) is 0 Å². The third kappa shape index (κ3) is 1.35. The molecule has 1 aromatic rings. The molecule has 2 rings (SSSR count). The molecule has 0 saturated carbocycles. The smallest absolute Gasteiger partial charge is 0.524 e. The van der Waals surface area contributed by atoms with Crippen molar-refractivity contribution in [1.29, 1.82) is 0 Å². The Kier molecular flexibility index (Phi) is 2.75. The molecule has 10 heavy (non-hydrogen) atoms. The van der Waals surface area contributed by atoms with E-state index in [0.717, 1.165) is 11.5 Å². The van der Waals surface area contributed by atoms with Crippen LogP contribution >= 0.6 is 0 Å². The molecule has 0 unspecified atom stereocenters. The molecule has 1 heterocycles. The Labute approximate surface area is 85.1 Å². The van der Waals surface area contributed by atoms with E-state index in [-0.39, 0.29) is 32.7 Å². The first-order chi connectivity index (χ1) is 4.47. The maximum atomic E-state index is 4.95. The first-order valence-corrected chi connectivity index (χ1v) is 2.71. The van der Waals surface area contributed by atoms with Gasteiger partial charge in [-0.05, 0) is 12.1 Å². The maximum Gasteiger partial charge on any atom is 0.658 e. The van der Waals surface area contributed by atoms with Crippen molar-refractivity contribution in [2.24, 2.45) is 0 Å². The largest absolute Gasteiger partial charge is 0.658 e. The van der Waals surface area contributed by atoms with Gasteiger partial charge in [0.1, 0.15) is 11.5 Å². The van der Waals surface area contributed by atoms with Gasteiger partial charge in [-0.3, -0.25) is 0 Å². The Morgan fingerprint density at radius 2 is 1.50 bits per heavy atom. The van der Waals surface area contributed by atoms with Crippen LogP contribution in [0.1, 0.15) is 0 Å². The second-order valence-electron chi connectivity index (χ2n) is 1.78. The third-order valence-corrected chi connectivity index (χ3v) is 1.20. The Morgan fingerprint density at radius 3 is 2.00 bits per heavy atom. The standard InChI is InChI=1S/C6H4BO2.Y/c1-2-4-6-5(3-1)8-7-9-6;/h1-4H;. The summed E-state index contributed by atoms with van der Waals surface area (Å²) in [5, 5.41) is 0. The first-order valence-electron chi connectivity index (χ1n) is 2.71. The number of benzene rings is 1. The molecule has 1 aliphatic rings. The molecule has 0 saturated heterocycles. The van der Waals surface area contributed by atoms with Crippen LogP contribution in [0, 0.1) is 0 Å². The number of hydrogen-bond donors (Lipinski definition) is 0. The molecule has 0 N–H and O–H groups in total. The van der Waals surface area contributed by atoms with Crippen LogP contribution < -0.4 is 9.31 Å². The summed E-state index contributed by atoms with van der Waals surface area (Å²) in [4.78, 5) is 0. The van der Waals surface area contributed by atoms with Crippen molar-refractivity contribution >= 4 is 7.69 Å². The molecule has 0 spiro atoms. The second-order valence-corrected chi connectivity index (χ2v) is 1.78. The van der Waals surface area contributed by atoms with Crippen molar-refractivity contribution in [3.63, 3.8) is 0 Å². The number of rotatable bonds is 0. The van der Waals surface area contributed by atoms with Crippen molar-refractivity contribution in [2.45, 2.75) is 0 Å². The van der Waals surface area contributed by atoms with Crippen LogP contribution in [-0.2, 0) is 32.7 Å². The van der Waals surface area contributed by atoms with Gasteiger partial charge in [-0.2, -0.15) is 0 Å². The first kappa shape index (κ1) is 8.09. The molecule has 2 nitrogen and oxygen atoms in total. The molecule has 4 heteroatoms. The zero-order valence-electron chi connectivity index (χ0n) is 5.28. The zero-order chi connectivity index (χ0) is 6.10. The van der Waals surface area contributed by atoms with E-state index >= 15 is 0 Å². The van der Waals surface area contributed by atoms with E-state index in [1.54, 1.807) is 0 Å². The molecule has 46 valence electrons. The molecule has 1 aliphatic heterocycles. The molecular weight excluding hydrogens is 204 g/mol. The Balaban J connectivity index is 0.000000500. The van der Waals surface area contributed by atoms with E-state index < -0.39 is 0 Å². The Hall–Kier alpha value is -0.0112. The van der Waals surface area contributed by atoms with Crippen LogP contribution in [0.3, 0.4) is 0 Å². The summed E-state index contributed by atoms with van der Waals surface area (Å²) in [6.07, 6.45) is 0.